The van der Waals surface area contributed by atoms with Crippen molar-refractivity contribution in [2.45, 2.75) is 46.1 Å². The lowest BCUT2D eigenvalue weighted by atomic mass is 10.0. The van der Waals surface area contributed by atoms with Crippen molar-refractivity contribution in [1.29, 1.82) is 0 Å². The Hall–Kier alpha value is -3.94. The van der Waals surface area contributed by atoms with Crippen molar-refractivity contribution in [2.24, 2.45) is 0 Å². The smallest absolute Gasteiger partial charge is 0.303 e. The summed E-state index contributed by atoms with van der Waals surface area (Å²) in [5.41, 5.74) is 3.70. The van der Waals surface area contributed by atoms with E-state index in [4.69, 9.17) is 14.6 Å². The number of amides is 1. The Morgan fingerprint density at radius 2 is 1.78 bits per heavy atom. The predicted molar refractivity (Wildman–Crippen MR) is 132 cm³/mol. The van der Waals surface area contributed by atoms with Gasteiger partial charge in [0.15, 0.2) is 0 Å². The normalized spacial score (nSPS) is 10.8. The van der Waals surface area contributed by atoms with E-state index in [1.165, 1.54) is 19.2 Å². The molecule has 0 aliphatic rings. The predicted octanol–water partition coefficient (Wildman–Crippen LogP) is 6.24. The molecule has 0 aliphatic heterocycles. The highest BCUT2D eigenvalue weighted by molar-refractivity contribution is 5.97. The van der Waals surface area contributed by atoms with Crippen LogP contribution in [0.1, 0.15) is 57.9 Å². The molecular weight excluding hydrogens is 468 g/mol. The SMILES string of the molecule is CCc1cc(Oc2cc(C)cc(CNC(=O)c3ccc(C(F)F)cc3OC)c2)ccc1CCC(=O)O. The van der Waals surface area contributed by atoms with Crippen LogP contribution in [0.4, 0.5) is 8.78 Å². The number of ether oxygens (including phenoxy) is 2. The van der Waals surface area contributed by atoms with Gasteiger partial charge in [0, 0.05) is 18.5 Å². The summed E-state index contributed by atoms with van der Waals surface area (Å²) in [5, 5.41) is 11.8. The van der Waals surface area contributed by atoms with Crippen molar-refractivity contribution in [3.8, 4) is 17.2 Å². The standard InChI is InChI=1S/C28H29F2NO5/c1-4-19-14-22(8-5-20(19)7-10-26(32)33)36-23-12-17(2)11-18(13-23)16-31-28(34)24-9-6-21(27(29)30)15-25(24)35-3/h5-6,8-9,11-15,27H,4,7,10,16H2,1-3H3,(H,31,34)(H,32,33). The molecule has 0 aromatic heterocycles. The maximum absolute atomic E-state index is 13.0. The zero-order valence-corrected chi connectivity index (χ0v) is 20.4. The largest absolute Gasteiger partial charge is 0.496 e. The highest BCUT2D eigenvalue weighted by Crippen LogP contribution is 2.28. The lowest BCUT2D eigenvalue weighted by molar-refractivity contribution is -0.136. The van der Waals surface area contributed by atoms with Crippen molar-refractivity contribution in [3.05, 3.63) is 88.0 Å². The molecule has 0 unspecified atom stereocenters. The highest BCUT2D eigenvalue weighted by Gasteiger charge is 2.16. The van der Waals surface area contributed by atoms with Gasteiger partial charge in [-0.1, -0.05) is 25.1 Å². The summed E-state index contributed by atoms with van der Waals surface area (Å²) in [5.74, 6) is 0.0347. The Kier molecular flexibility index (Phi) is 9.00. The minimum Gasteiger partial charge on any atom is -0.496 e. The number of hydrogen-bond acceptors (Lipinski definition) is 4. The maximum Gasteiger partial charge on any atom is 0.303 e. The zero-order valence-electron chi connectivity index (χ0n) is 20.4. The average molecular weight is 498 g/mol. The first-order valence-corrected chi connectivity index (χ1v) is 11.6. The lowest BCUT2D eigenvalue weighted by Gasteiger charge is -2.14. The summed E-state index contributed by atoms with van der Waals surface area (Å²) in [4.78, 5) is 23.6. The van der Waals surface area contributed by atoms with Crippen molar-refractivity contribution >= 4 is 11.9 Å². The van der Waals surface area contributed by atoms with Gasteiger partial charge in [-0.05, 0) is 78.4 Å². The third-order valence-corrected chi connectivity index (χ3v) is 5.69. The number of aryl methyl sites for hydroxylation is 3. The van der Waals surface area contributed by atoms with Gasteiger partial charge in [0.05, 0.1) is 12.7 Å². The Bertz CT molecular complexity index is 1240. The summed E-state index contributed by atoms with van der Waals surface area (Å²) < 4.78 is 37.1. The monoisotopic (exact) mass is 497 g/mol. The minimum absolute atomic E-state index is 0.0718. The number of nitrogens with one attached hydrogen (secondary N) is 1. The van der Waals surface area contributed by atoms with E-state index in [0.717, 1.165) is 34.7 Å². The van der Waals surface area contributed by atoms with Gasteiger partial charge in [-0.15, -0.1) is 0 Å². The quantitative estimate of drug-likeness (QED) is 0.327. The second-order valence-corrected chi connectivity index (χ2v) is 8.38. The third-order valence-electron chi connectivity index (χ3n) is 5.69. The second-order valence-electron chi connectivity index (χ2n) is 8.38. The van der Waals surface area contributed by atoms with Crippen LogP contribution in [0.3, 0.4) is 0 Å². The molecule has 0 saturated carbocycles. The Balaban J connectivity index is 1.72. The number of benzene rings is 3. The van der Waals surface area contributed by atoms with Gasteiger partial charge in [0.25, 0.3) is 12.3 Å². The number of carbonyl (C=O) groups is 2. The van der Waals surface area contributed by atoms with E-state index in [0.29, 0.717) is 17.9 Å². The average Bonchev–Trinajstić information content (AvgIpc) is 2.85. The van der Waals surface area contributed by atoms with Crippen LogP contribution < -0.4 is 14.8 Å². The lowest BCUT2D eigenvalue weighted by Crippen LogP contribution is -2.23. The molecule has 0 radical (unpaired) electrons. The molecular formula is C28H29F2NO5. The van der Waals surface area contributed by atoms with Crippen LogP contribution in [-0.4, -0.2) is 24.1 Å². The fraction of sp³-hybridized carbons (Fsp3) is 0.286. The van der Waals surface area contributed by atoms with Crippen LogP contribution in [0.2, 0.25) is 0 Å². The molecule has 190 valence electrons. The number of aliphatic carboxylic acids is 1. The summed E-state index contributed by atoms with van der Waals surface area (Å²) in [6.45, 7) is 4.12. The van der Waals surface area contributed by atoms with Gasteiger partial charge in [0.2, 0.25) is 0 Å². The molecule has 0 aliphatic carbocycles. The first kappa shape index (κ1) is 26.7. The van der Waals surface area contributed by atoms with Gasteiger partial charge >= 0.3 is 5.97 Å². The minimum atomic E-state index is -2.66. The second kappa shape index (κ2) is 12.2. The Labute approximate surface area is 208 Å². The van der Waals surface area contributed by atoms with Crippen molar-refractivity contribution in [2.75, 3.05) is 7.11 Å². The van der Waals surface area contributed by atoms with Gasteiger partial charge in [-0.3, -0.25) is 9.59 Å². The molecule has 3 aromatic rings. The molecule has 0 atom stereocenters. The van der Waals surface area contributed by atoms with Gasteiger partial charge in [-0.2, -0.15) is 0 Å². The van der Waals surface area contributed by atoms with E-state index in [1.54, 1.807) is 0 Å². The molecule has 3 rings (SSSR count). The first-order chi connectivity index (χ1) is 17.2. The molecule has 0 bridgehead atoms. The van der Waals surface area contributed by atoms with Gasteiger partial charge in [-0.25, -0.2) is 8.78 Å². The van der Waals surface area contributed by atoms with E-state index in [-0.39, 0.29) is 29.8 Å². The molecule has 1 amide bonds. The number of methoxy groups -OCH3 is 1. The number of halogens is 2. The van der Waals surface area contributed by atoms with Crippen LogP contribution in [0, 0.1) is 6.92 Å². The number of hydrogen-bond donors (Lipinski definition) is 2. The van der Waals surface area contributed by atoms with E-state index < -0.39 is 18.3 Å². The fourth-order valence-electron chi connectivity index (χ4n) is 3.91. The first-order valence-electron chi connectivity index (χ1n) is 11.6. The van der Waals surface area contributed by atoms with Crippen LogP contribution in [0.15, 0.2) is 54.6 Å². The molecule has 0 fully saturated rings. The van der Waals surface area contributed by atoms with Gasteiger partial charge in [0.1, 0.15) is 17.2 Å². The Morgan fingerprint density at radius 1 is 1.00 bits per heavy atom. The molecule has 0 spiro atoms. The molecule has 6 nitrogen and oxygen atoms in total. The fourth-order valence-corrected chi connectivity index (χ4v) is 3.91. The molecule has 8 heteroatoms. The number of rotatable bonds is 11. The van der Waals surface area contributed by atoms with Crippen molar-refractivity contribution < 1.29 is 33.0 Å². The molecule has 3 aromatic carbocycles. The van der Waals surface area contributed by atoms with Gasteiger partial charge < -0.3 is 19.9 Å². The van der Waals surface area contributed by atoms with Crippen LogP contribution >= 0.6 is 0 Å². The number of carboxylic acid groups (broad SMARTS) is 1. The summed E-state index contributed by atoms with van der Waals surface area (Å²) in [6, 6.07) is 14.9. The number of alkyl halides is 2. The molecule has 2 N–H and O–H groups in total. The van der Waals surface area contributed by atoms with Crippen LogP contribution in [0.5, 0.6) is 17.2 Å². The topological polar surface area (TPSA) is 84.9 Å². The van der Waals surface area contributed by atoms with E-state index in [2.05, 4.69) is 5.32 Å². The third kappa shape index (κ3) is 7.04. The summed E-state index contributed by atoms with van der Waals surface area (Å²) in [6.07, 6.45) is -1.37. The molecule has 0 saturated heterocycles. The van der Waals surface area contributed by atoms with E-state index in [9.17, 15) is 18.4 Å². The zero-order chi connectivity index (χ0) is 26.2. The summed E-state index contributed by atoms with van der Waals surface area (Å²) >= 11 is 0. The number of carbonyl (C=O) groups excluding carboxylic acids is 1. The summed E-state index contributed by atoms with van der Waals surface area (Å²) in [7, 11) is 1.33. The van der Waals surface area contributed by atoms with Crippen molar-refractivity contribution in [3.63, 3.8) is 0 Å². The Morgan fingerprint density at radius 3 is 2.44 bits per heavy atom. The molecule has 36 heavy (non-hydrogen) atoms. The maximum atomic E-state index is 13.0. The van der Waals surface area contributed by atoms with Crippen molar-refractivity contribution in [1.82, 2.24) is 5.32 Å². The highest BCUT2D eigenvalue weighted by atomic mass is 19.3. The molecule has 0 heterocycles. The number of carboxylic acids is 1. The van der Waals surface area contributed by atoms with E-state index >= 15 is 0 Å². The van der Waals surface area contributed by atoms with E-state index in [1.807, 2.05) is 50.2 Å². The van der Waals surface area contributed by atoms with Crippen LogP contribution in [0.25, 0.3) is 0 Å². The van der Waals surface area contributed by atoms with Crippen LogP contribution in [-0.2, 0) is 24.2 Å².